The molecule has 2 rings (SSSR count). The van der Waals surface area contributed by atoms with Gasteiger partial charge in [0.15, 0.2) is 0 Å². The fraction of sp³-hybridized carbons (Fsp3) is 0.692. The van der Waals surface area contributed by atoms with Gasteiger partial charge in [0, 0.05) is 25.3 Å². The van der Waals surface area contributed by atoms with Gasteiger partial charge in [0.2, 0.25) is 0 Å². The molecular weight excluding hydrogens is 232 g/mol. The first-order chi connectivity index (χ1) is 8.72. The van der Waals surface area contributed by atoms with E-state index in [4.69, 9.17) is 14.6 Å². The third-order valence-corrected chi connectivity index (χ3v) is 3.41. The van der Waals surface area contributed by atoms with Crippen LogP contribution in [0.15, 0.2) is 6.20 Å². The van der Waals surface area contributed by atoms with Gasteiger partial charge in [-0.3, -0.25) is 0 Å². The van der Waals surface area contributed by atoms with Gasteiger partial charge in [0.25, 0.3) is 0 Å². The fourth-order valence-electron chi connectivity index (χ4n) is 2.26. The molecule has 0 aromatic carbocycles. The van der Waals surface area contributed by atoms with Gasteiger partial charge in [0.1, 0.15) is 6.10 Å². The molecule has 1 aromatic rings. The Bertz CT molecular complexity index is 398. The number of methoxy groups -OCH3 is 1. The van der Waals surface area contributed by atoms with Gasteiger partial charge < -0.3 is 14.6 Å². The molecule has 1 heterocycles. The summed E-state index contributed by atoms with van der Waals surface area (Å²) < 4.78 is 11.1. The van der Waals surface area contributed by atoms with Crippen molar-refractivity contribution in [1.82, 2.24) is 9.97 Å². The summed E-state index contributed by atoms with van der Waals surface area (Å²) in [6.07, 6.45) is 6.14. The number of rotatable bonds is 4. The summed E-state index contributed by atoms with van der Waals surface area (Å²) in [4.78, 5) is 8.38. The molecule has 5 nitrogen and oxygen atoms in total. The van der Waals surface area contributed by atoms with Gasteiger partial charge in [-0.2, -0.15) is 0 Å². The largest absolute Gasteiger partial charge is 0.460 e. The Labute approximate surface area is 107 Å². The Morgan fingerprint density at radius 2 is 2.17 bits per heavy atom. The lowest BCUT2D eigenvalue weighted by Gasteiger charge is -2.27. The van der Waals surface area contributed by atoms with Crippen molar-refractivity contribution < 1.29 is 14.6 Å². The van der Waals surface area contributed by atoms with Gasteiger partial charge >= 0.3 is 6.01 Å². The average Bonchev–Trinajstić information content (AvgIpc) is 2.39. The van der Waals surface area contributed by atoms with Crippen molar-refractivity contribution in [1.29, 1.82) is 0 Å². The Kier molecular flexibility index (Phi) is 4.49. The average molecular weight is 252 g/mol. The maximum atomic E-state index is 9.06. The predicted molar refractivity (Wildman–Crippen MR) is 66.4 cm³/mol. The number of aromatic nitrogens is 2. The molecule has 0 radical (unpaired) electrons. The van der Waals surface area contributed by atoms with Crippen LogP contribution in [-0.2, 0) is 11.3 Å². The Morgan fingerprint density at radius 1 is 1.39 bits per heavy atom. The van der Waals surface area contributed by atoms with Crippen LogP contribution in [0.2, 0.25) is 0 Å². The van der Waals surface area contributed by atoms with Crippen molar-refractivity contribution in [3.8, 4) is 6.01 Å². The Balaban J connectivity index is 1.98. The van der Waals surface area contributed by atoms with Crippen molar-refractivity contribution >= 4 is 0 Å². The smallest absolute Gasteiger partial charge is 0.316 e. The lowest BCUT2D eigenvalue weighted by Crippen LogP contribution is -2.30. The maximum Gasteiger partial charge on any atom is 0.316 e. The Morgan fingerprint density at radius 3 is 2.83 bits per heavy atom. The monoisotopic (exact) mass is 252 g/mol. The highest BCUT2D eigenvalue weighted by Gasteiger charge is 2.23. The lowest BCUT2D eigenvalue weighted by atomic mass is 9.95. The van der Waals surface area contributed by atoms with Crippen LogP contribution in [0, 0.1) is 6.92 Å². The quantitative estimate of drug-likeness (QED) is 0.882. The minimum Gasteiger partial charge on any atom is -0.460 e. The first kappa shape index (κ1) is 13.2. The number of hydrogen-bond donors (Lipinski definition) is 1. The van der Waals surface area contributed by atoms with Crippen LogP contribution in [0.3, 0.4) is 0 Å². The highest BCUT2D eigenvalue weighted by molar-refractivity contribution is 5.16. The van der Waals surface area contributed by atoms with Crippen molar-refractivity contribution in [2.45, 2.75) is 51.4 Å². The summed E-state index contributed by atoms with van der Waals surface area (Å²) in [5, 5.41) is 9.06. The lowest BCUT2D eigenvalue weighted by molar-refractivity contribution is 0.0178. The minimum absolute atomic E-state index is 0.0404. The molecule has 18 heavy (non-hydrogen) atoms. The summed E-state index contributed by atoms with van der Waals surface area (Å²) in [5.41, 5.74) is 1.50. The summed E-state index contributed by atoms with van der Waals surface area (Å²) in [7, 11) is 1.74. The van der Waals surface area contributed by atoms with Crippen molar-refractivity contribution in [3.05, 3.63) is 17.5 Å². The van der Waals surface area contributed by atoms with E-state index in [2.05, 4.69) is 9.97 Å². The predicted octanol–water partition coefficient (Wildman–Crippen LogP) is 1.61. The standard InChI is InChI=1S/C13H20N2O3/c1-9-10(8-16)7-14-13(15-9)18-12-5-3-4-11(6-12)17-2/h7,11-12,16H,3-6,8H2,1-2H3. The van der Waals surface area contributed by atoms with Gasteiger partial charge in [-0.05, 0) is 26.2 Å². The van der Waals surface area contributed by atoms with Crippen LogP contribution in [0.25, 0.3) is 0 Å². The second-order valence-corrected chi connectivity index (χ2v) is 4.69. The molecule has 0 amide bonds. The second-order valence-electron chi connectivity index (χ2n) is 4.69. The molecule has 0 aliphatic heterocycles. The number of nitrogens with zero attached hydrogens (tertiary/aromatic N) is 2. The summed E-state index contributed by atoms with van der Waals surface area (Å²) >= 11 is 0. The molecule has 2 atom stereocenters. The van der Waals surface area contributed by atoms with E-state index in [9.17, 15) is 0 Å². The zero-order valence-corrected chi connectivity index (χ0v) is 10.9. The highest BCUT2D eigenvalue weighted by atomic mass is 16.5. The fourth-order valence-corrected chi connectivity index (χ4v) is 2.26. The van der Waals surface area contributed by atoms with Crippen molar-refractivity contribution in [2.24, 2.45) is 0 Å². The summed E-state index contributed by atoms with van der Waals surface area (Å²) in [6.45, 7) is 1.81. The SMILES string of the molecule is COC1CCCC(Oc2ncc(CO)c(C)n2)C1. The van der Waals surface area contributed by atoms with E-state index in [1.165, 1.54) is 0 Å². The van der Waals surface area contributed by atoms with Crippen molar-refractivity contribution in [2.75, 3.05) is 7.11 Å². The normalized spacial score (nSPS) is 23.9. The topological polar surface area (TPSA) is 64.5 Å². The first-order valence-electron chi connectivity index (χ1n) is 6.35. The van der Waals surface area contributed by atoms with Crippen LogP contribution in [0.1, 0.15) is 36.9 Å². The van der Waals surface area contributed by atoms with Crippen LogP contribution >= 0.6 is 0 Å². The van der Waals surface area contributed by atoms with E-state index in [0.29, 0.717) is 6.01 Å². The Hall–Kier alpha value is -1.20. The maximum absolute atomic E-state index is 9.06. The molecule has 2 unspecified atom stereocenters. The van der Waals surface area contributed by atoms with E-state index in [1.54, 1.807) is 13.3 Å². The van der Waals surface area contributed by atoms with E-state index < -0.39 is 0 Å². The molecule has 5 heteroatoms. The molecule has 1 aromatic heterocycles. The van der Waals surface area contributed by atoms with Crippen LogP contribution in [-0.4, -0.2) is 34.4 Å². The van der Waals surface area contributed by atoms with E-state index >= 15 is 0 Å². The molecule has 1 saturated carbocycles. The van der Waals surface area contributed by atoms with Gasteiger partial charge in [-0.1, -0.05) is 0 Å². The molecule has 1 N–H and O–H groups in total. The van der Waals surface area contributed by atoms with E-state index in [1.807, 2.05) is 6.92 Å². The molecule has 0 spiro atoms. The third-order valence-electron chi connectivity index (χ3n) is 3.41. The second kappa shape index (κ2) is 6.11. The van der Waals surface area contributed by atoms with Crippen LogP contribution < -0.4 is 4.74 Å². The molecule has 100 valence electrons. The highest BCUT2D eigenvalue weighted by Crippen LogP contribution is 2.24. The van der Waals surface area contributed by atoms with E-state index in [-0.39, 0.29) is 18.8 Å². The molecule has 0 saturated heterocycles. The number of hydrogen-bond acceptors (Lipinski definition) is 5. The minimum atomic E-state index is -0.0404. The van der Waals surface area contributed by atoms with E-state index in [0.717, 1.165) is 36.9 Å². The van der Waals surface area contributed by atoms with Crippen molar-refractivity contribution in [3.63, 3.8) is 0 Å². The zero-order valence-electron chi connectivity index (χ0n) is 10.9. The zero-order chi connectivity index (χ0) is 13.0. The molecular formula is C13H20N2O3. The first-order valence-corrected chi connectivity index (χ1v) is 6.35. The van der Waals surface area contributed by atoms with Gasteiger partial charge in [0.05, 0.1) is 18.4 Å². The van der Waals surface area contributed by atoms with Crippen LogP contribution in [0.5, 0.6) is 6.01 Å². The van der Waals surface area contributed by atoms with Gasteiger partial charge in [-0.25, -0.2) is 9.97 Å². The summed E-state index contributed by atoms with van der Waals surface area (Å²) in [5.74, 6) is 0. The molecule has 1 aliphatic carbocycles. The molecule has 1 aliphatic rings. The van der Waals surface area contributed by atoms with Crippen LogP contribution in [0.4, 0.5) is 0 Å². The number of aliphatic hydroxyl groups excluding tert-OH is 1. The van der Waals surface area contributed by atoms with Gasteiger partial charge in [-0.15, -0.1) is 0 Å². The summed E-state index contributed by atoms with van der Waals surface area (Å²) in [6, 6.07) is 0.395. The number of aryl methyl sites for hydroxylation is 1. The molecule has 1 fully saturated rings. The third kappa shape index (κ3) is 3.17. The molecule has 0 bridgehead atoms. The number of ether oxygens (including phenoxy) is 2. The number of aliphatic hydroxyl groups is 1.